The van der Waals surface area contributed by atoms with Gasteiger partial charge in [-0.25, -0.2) is 4.98 Å². The van der Waals surface area contributed by atoms with Gasteiger partial charge < -0.3 is 10.2 Å². The lowest BCUT2D eigenvalue weighted by atomic mass is 10.1. The number of fused-ring (bicyclic) bond motifs is 1. The topological polar surface area (TPSA) is 67.2 Å². The Balaban J connectivity index is 1.76. The molecule has 0 saturated heterocycles. The van der Waals surface area contributed by atoms with Crippen LogP contribution in [0.4, 0.5) is 5.69 Å². The number of anilines is 1. The summed E-state index contributed by atoms with van der Waals surface area (Å²) in [5.74, 6) is 0.309. The van der Waals surface area contributed by atoms with Gasteiger partial charge in [0.2, 0.25) is 5.91 Å². The van der Waals surface area contributed by atoms with Crippen LogP contribution in [0.5, 0.6) is 0 Å². The molecule has 0 unspecified atom stereocenters. The molecular formula is C25H28N4O2. The van der Waals surface area contributed by atoms with Gasteiger partial charge in [-0.1, -0.05) is 48.0 Å². The molecule has 1 amide bonds. The van der Waals surface area contributed by atoms with E-state index < -0.39 is 0 Å². The summed E-state index contributed by atoms with van der Waals surface area (Å²) in [6.45, 7) is 7.27. The number of carbonyl (C=O) groups excluding carboxylic acids is 1. The fourth-order valence-corrected chi connectivity index (χ4v) is 4.05. The Kier molecular flexibility index (Phi) is 5.74. The van der Waals surface area contributed by atoms with Gasteiger partial charge in [0.25, 0.3) is 5.56 Å². The van der Waals surface area contributed by atoms with Crippen molar-refractivity contribution in [2.24, 2.45) is 0 Å². The van der Waals surface area contributed by atoms with E-state index in [1.54, 1.807) is 0 Å². The molecule has 6 heteroatoms. The second kappa shape index (κ2) is 8.47. The van der Waals surface area contributed by atoms with Crippen molar-refractivity contribution in [3.8, 4) is 11.4 Å². The zero-order valence-electron chi connectivity index (χ0n) is 18.5. The fourth-order valence-electron chi connectivity index (χ4n) is 4.05. The second-order valence-electron chi connectivity index (χ2n) is 8.42. The Bertz CT molecular complexity index is 1180. The predicted molar refractivity (Wildman–Crippen MR) is 123 cm³/mol. The summed E-state index contributed by atoms with van der Waals surface area (Å²) in [5.41, 5.74) is 6.13. The SMILES string of the molecule is Cc1ccc(-c2nc3c(c(=O)n2CC(=O)Nc2c(C)cccc2C)CN(C)CC3)cc1. The highest BCUT2D eigenvalue weighted by Crippen LogP contribution is 2.22. The van der Waals surface area contributed by atoms with Crippen molar-refractivity contribution in [2.75, 3.05) is 18.9 Å². The van der Waals surface area contributed by atoms with Crippen molar-refractivity contribution >= 4 is 11.6 Å². The number of hydrogen-bond donors (Lipinski definition) is 1. The smallest absolute Gasteiger partial charge is 0.259 e. The summed E-state index contributed by atoms with van der Waals surface area (Å²) in [4.78, 5) is 33.4. The molecule has 1 aliphatic rings. The molecule has 0 spiro atoms. The van der Waals surface area contributed by atoms with Crippen LogP contribution in [0.1, 0.15) is 27.9 Å². The molecule has 2 heterocycles. The van der Waals surface area contributed by atoms with Gasteiger partial charge in [-0.2, -0.15) is 0 Å². The summed E-state index contributed by atoms with van der Waals surface area (Å²) in [6.07, 6.45) is 0.732. The molecule has 3 aromatic rings. The van der Waals surface area contributed by atoms with Gasteiger partial charge in [0, 0.05) is 30.8 Å². The lowest BCUT2D eigenvalue weighted by Crippen LogP contribution is -2.38. The van der Waals surface area contributed by atoms with E-state index in [1.807, 2.05) is 70.3 Å². The molecule has 0 radical (unpaired) electrons. The number of rotatable bonds is 4. The highest BCUT2D eigenvalue weighted by molar-refractivity contribution is 5.92. The Labute approximate surface area is 182 Å². The normalized spacial score (nSPS) is 13.7. The maximum Gasteiger partial charge on any atom is 0.259 e. The van der Waals surface area contributed by atoms with Crippen molar-refractivity contribution in [1.29, 1.82) is 0 Å². The molecule has 1 aromatic heterocycles. The Morgan fingerprint density at radius 1 is 1.06 bits per heavy atom. The van der Waals surface area contributed by atoms with Gasteiger partial charge in [-0.05, 0) is 38.9 Å². The zero-order chi connectivity index (χ0) is 22.1. The van der Waals surface area contributed by atoms with Crippen molar-refractivity contribution in [3.05, 3.63) is 80.8 Å². The summed E-state index contributed by atoms with van der Waals surface area (Å²) >= 11 is 0. The van der Waals surface area contributed by atoms with E-state index in [4.69, 9.17) is 4.98 Å². The highest BCUT2D eigenvalue weighted by Gasteiger charge is 2.23. The number of benzene rings is 2. The molecular weight excluding hydrogens is 388 g/mol. The van der Waals surface area contributed by atoms with Gasteiger partial charge >= 0.3 is 0 Å². The third-order valence-electron chi connectivity index (χ3n) is 5.86. The number of para-hydroxylation sites is 1. The third kappa shape index (κ3) is 4.30. The first-order valence-corrected chi connectivity index (χ1v) is 10.6. The maximum atomic E-state index is 13.5. The minimum absolute atomic E-state index is 0.0835. The van der Waals surface area contributed by atoms with Crippen LogP contribution in [-0.4, -0.2) is 34.0 Å². The van der Waals surface area contributed by atoms with Gasteiger partial charge in [0.1, 0.15) is 12.4 Å². The van der Waals surface area contributed by atoms with Crippen LogP contribution in [0.15, 0.2) is 47.3 Å². The molecule has 1 N–H and O–H groups in total. The van der Waals surface area contributed by atoms with E-state index >= 15 is 0 Å². The average Bonchev–Trinajstić information content (AvgIpc) is 2.74. The van der Waals surface area contributed by atoms with E-state index in [2.05, 4.69) is 10.2 Å². The maximum absolute atomic E-state index is 13.5. The van der Waals surface area contributed by atoms with Crippen LogP contribution in [0, 0.1) is 20.8 Å². The molecule has 4 rings (SSSR count). The average molecular weight is 417 g/mol. The first kappa shape index (κ1) is 21.0. The molecule has 0 atom stereocenters. The quantitative estimate of drug-likeness (QED) is 0.707. The van der Waals surface area contributed by atoms with E-state index in [0.717, 1.165) is 46.6 Å². The lowest BCUT2D eigenvalue weighted by molar-refractivity contribution is -0.116. The molecule has 6 nitrogen and oxygen atoms in total. The van der Waals surface area contributed by atoms with Crippen LogP contribution in [0.3, 0.4) is 0 Å². The van der Waals surface area contributed by atoms with Crippen molar-refractivity contribution < 1.29 is 4.79 Å². The lowest BCUT2D eigenvalue weighted by Gasteiger charge is -2.25. The van der Waals surface area contributed by atoms with Crippen LogP contribution in [0.25, 0.3) is 11.4 Å². The minimum atomic E-state index is -0.237. The van der Waals surface area contributed by atoms with Crippen molar-refractivity contribution in [3.63, 3.8) is 0 Å². The van der Waals surface area contributed by atoms with E-state index in [1.165, 1.54) is 4.57 Å². The van der Waals surface area contributed by atoms with Crippen LogP contribution < -0.4 is 10.9 Å². The predicted octanol–water partition coefficient (Wildman–Crippen LogP) is 3.46. The minimum Gasteiger partial charge on any atom is -0.324 e. The molecule has 1 aliphatic heterocycles. The van der Waals surface area contributed by atoms with Gasteiger partial charge in [0.15, 0.2) is 0 Å². The van der Waals surface area contributed by atoms with Crippen LogP contribution >= 0.6 is 0 Å². The number of aromatic nitrogens is 2. The molecule has 0 saturated carbocycles. The van der Waals surface area contributed by atoms with Gasteiger partial charge in [-0.15, -0.1) is 0 Å². The number of amides is 1. The second-order valence-corrected chi connectivity index (χ2v) is 8.42. The number of hydrogen-bond acceptors (Lipinski definition) is 4. The summed E-state index contributed by atoms with van der Waals surface area (Å²) in [5, 5.41) is 2.99. The van der Waals surface area contributed by atoms with E-state index in [0.29, 0.717) is 17.9 Å². The summed E-state index contributed by atoms with van der Waals surface area (Å²) < 4.78 is 1.52. The van der Waals surface area contributed by atoms with Crippen molar-refractivity contribution in [2.45, 2.75) is 40.3 Å². The van der Waals surface area contributed by atoms with E-state index in [9.17, 15) is 9.59 Å². The number of likely N-dealkylation sites (N-methyl/N-ethyl adjacent to an activating group) is 1. The molecule has 0 aliphatic carbocycles. The Morgan fingerprint density at radius 2 is 1.74 bits per heavy atom. The molecule has 160 valence electrons. The number of nitrogens with zero attached hydrogens (tertiary/aromatic N) is 3. The first-order chi connectivity index (χ1) is 14.8. The Morgan fingerprint density at radius 3 is 2.42 bits per heavy atom. The van der Waals surface area contributed by atoms with Gasteiger partial charge in [0.05, 0.1) is 11.3 Å². The zero-order valence-corrected chi connectivity index (χ0v) is 18.5. The first-order valence-electron chi connectivity index (χ1n) is 10.6. The fraction of sp³-hybridized carbons (Fsp3) is 0.320. The molecule has 2 aromatic carbocycles. The van der Waals surface area contributed by atoms with Crippen molar-refractivity contribution in [1.82, 2.24) is 14.5 Å². The molecule has 0 bridgehead atoms. The Hall–Kier alpha value is -3.25. The van der Waals surface area contributed by atoms with Crippen LogP contribution in [0.2, 0.25) is 0 Å². The molecule has 0 fully saturated rings. The monoisotopic (exact) mass is 416 g/mol. The number of aryl methyl sites for hydroxylation is 3. The molecule has 31 heavy (non-hydrogen) atoms. The van der Waals surface area contributed by atoms with E-state index in [-0.39, 0.29) is 18.0 Å². The number of carbonyl (C=O) groups is 1. The largest absolute Gasteiger partial charge is 0.324 e. The summed E-state index contributed by atoms with van der Waals surface area (Å²) in [7, 11) is 1.99. The van der Waals surface area contributed by atoms with Gasteiger partial charge in [-0.3, -0.25) is 14.2 Å². The van der Waals surface area contributed by atoms with Crippen LogP contribution in [-0.2, 0) is 24.3 Å². The highest BCUT2D eigenvalue weighted by atomic mass is 16.2. The standard InChI is InChI=1S/C25H28N4O2/c1-16-8-10-19(11-9-16)24-26-21-12-13-28(4)14-20(21)25(31)29(24)15-22(30)27-23-17(2)6-5-7-18(23)3/h5-11H,12-15H2,1-4H3,(H,27,30). The summed E-state index contributed by atoms with van der Waals surface area (Å²) in [6, 6.07) is 13.8. The third-order valence-corrected chi connectivity index (χ3v) is 5.86. The number of nitrogens with one attached hydrogen (secondary N) is 1.